The molecule has 4 nitrogen and oxygen atoms in total. The number of hydrogen-bond acceptors (Lipinski definition) is 3. The van der Waals surface area contributed by atoms with Gasteiger partial charge in [-0.15, -0.1) is 0 Å². The van der Waals surface area contributed by atoms with Gasteiger partial charge in [-0.25, -0.2) is 0 Å². The second kappa shape index (κ2) is 3.32. The van der Waals surface area contributed by atoms with Gasteiger partial charge in [-0.05, 0) is 5.41 Å². The van der Waals surface area contributed by atoms with E-state index in [1.165, 1.54) is 0 Å². The minimum atomic E-state index is -3.78. The van der Waals surface area contributed by atoms with Crippen molar-refractivity contribution >= 4 is 10.1 Å². The van der Waals surface area contributed by atoms with Crippen LogP contribution in [0.4, 0.5) is 0 Å². The van der Waals surface area contributed by atoms with Crippen LogP contribution in [0.2, 0.25) is 0 Å². The van der Waals surface area contributed by atoms with E-state index in [9.17, 15) is 8.42 Å². The lowest BCUT2D eigenvalue weighted by Gasteiger charge is -2.14. The van der Waals surface area contributed by atoms with E-state index in [4.69, 9.17) is 4.55 Å². The summed E-state index contributed by atoms with van der Waals surface area (Å²) in [6, 6.07) is 0. The molecule has 0 unspecified atom stereocenters. The van der Waals surface area contributed by atoms with Gasteiger partial charge in [0, 0.05) is 0 Å². The van der Waals surface area contributed by atoms with Crippen LogP contribution in [0, 0.1) is 5.41 Å². The summed E-state index contributed by atoms with van der Waals surface area (Å²) >= 11 is 0. The molecular weight excluding hydrogens is 154 g/mol. The molecule has 0 amide bonds. The summed E-state index contributed by atoms with van der Waals surface area (Å²) in [5, 5.41) is 0. The Morgan fingerprint density at radius 3 is 1.60 bits per heavy atom. The molecule has 0 saturated carbocycles. The predicted molar refractivity (Wildman–Crippen MR) is 40.9 cm³/mol. The molecule has 4 N–H and O–H groups in total. The summed E-state index contributed by atoms with van der Waals surface area (Å²) in [6.45, 7) is 5.25. The summed E-state index contributed by atoms with van der Waals surface area (Å²) in [5.74, 6) is -0.181. The van der Waals surface area contributed by atoms with Gasteiger partial charge in [-0.1, -0.05) is 20.8 Å². The Kier molecular flexibility index (Phi) is 4.16. The van der Waals surface area contributed by atoms with E-state index in [0.717, 1.165) is 0 Å². The second-order valence-corrected chi connectivity index (χ2v) is 4.74. The summed E-state index contributed by atoms with van der Waals surface area (Å²) < 4.78 is 28.7. The predicted octanol–water partition coefficient (Wildman–Crippen LogP) is 1.08. The third-order valence-electron chi connectivity index (χ3n) is 0.615. The Morgan fingerprint density at radius 2 is 1.60 bits per heavy atom. The van der Waals surface area contributed by atoms with Gasteiger partial charge in [0.25, 0.3) is 10.1 Å². The zero-order valence-electron chi connectivity index (χ0n) is 6.59. The third kappa shape index (κ3) is 10.8. The zero-order chi connectivity index (χ0) is 7.71. The van der Waals surface area contributed by atoms with Crippen LogP contribution in [0.15, 0.2) is 0 Å². The molecular formula is C5H15NO3S. The normalized spacial score (nSPS) is 12.4. The molecule has 0 radical (unpaired) electrons. The first-order valence-corrected chi connectivity index (χ1v) is 4.27. The van der Waals surface area contributed by atoms with Crippen molar-refractivity contribution in [2.45, 2.75) is 20.8 Å². The van der Waals surface area contributed by atoms with Crippen LogP contribution in [0.5, 0.6) is 0 Å². The van der Waals surface area contributed by atoms with Gasteiger partial charge in [0.05, 0.1) is 5.75 Å². The smallest absolute Gasteiger partial charge is 0.265 e. The monoisotopic (exact) mass is 169 g/mol. The molecule has 0 fully saturated rings. The van der Waals surface area contributed by atoms with Gasteiger partial charge in [0.15, 0.2) is 0 Å². The number of hydrogen-bond donors (Lipinski definition) is 2. The van der Waals surface area contributed by atoms with Crippen LogP contribution in [0.3, 0.4) is 0 Å². The van der Waals surface area contributed by atoms with Crippen LogP contribution in [0.25, 0.3) is 0 Å². The molecule has 64 valence electrons. The van der Waals surface area contributed by atoms with Crippen molar-refractivity contribution in [1.29, 1.82) is 0 Å². The van der Waals surface area contributed by atoms with E-state index < -0.39 is 10.1 Å². The van der Waals surface area contributed by atoms with Crippen molar-refractivity contribution in [1.82, 2.24) is 6.15 Å². The minimum Gasteiger partial charge on any atom is -0.344 e. The lowest BCUT2D eigenvalue weighted by Crippen LogP contribution is -2.19. The molecule has 0 heterocycles. The quantitative estimate of drug-likeness (QED) is 0.575. The van der Waals surface area contributed by atoms with Crippen molar-refractivity contribution in [3.8, 4) is 0 Å². The summed E-state index contributed by atoms with van der Waals surface area (Å²) in [5.41, 5.74) is -0.354. The van der Waals surface area contributed by atoms with E-state index in [2.05, 4.69) is 0 Å². The van der Waals surface area contributed by atoms with Gasteiger partial charge in [-0.3, -0.25) is 4.55 Å². The first kappa shape index (κ1) is 12.5. The van der Waals surface area contributed by atoms with Crippen molar-refractivity contribution in [2.75, 3.05) is 5.75 Å². The van der Waals surface area contributed by atoms with Crippen LogP contribution in [0.1, 0.15) is 20.8 Å². The van der Waals surface area contributed by atoms with Gasteiger partial charge in [-0.2, -0.15) is 8.42 Å². The fourth-order valence-corrected chi connectivity index (χ4v) is 1.64. The Bertz CT molecular complexity index is 178. The lowest BCUT2D eigenvalue weighted by molar-refractivity contribution is 0.422. The molecule has 5 heteroatoms. The highest BCUT2D eigenvalue weighted by atomic mass is 32.2. The number of rotatable bonds is 1. The second-order valence-electron chi connectivity index (χ2n) is 3.29. The Morgan fingerprint density at radius 1 is 1.30 bits per heavy atom. The zero-order valence-corrected chi connectivity index (χ0v) is 7.40. The average Bonchev–Trinajstić information content (AvgIpc) is 1.14. The maximum absolute atomic E-state index is 10.2. The van der Waals surface area contributed by atoms with E-state index >= 15 is 0 Å². The Balaban J connectivity index is 0. The van der Waals surface area contributed by atoms with Crippen molar-refractivity contribution in [3.63, 3.8) is 0 Å². The molecule has 0 saturated heterocycles. The van der Waals surface area contributed by atoms with Crippen LogP contribution < -0.4 is 6.15 Å². The summed E-state index contributed by atoms with van der Waals surface area (Å²) in [4.78, 5) is 0. The third-order valence-corrected chi connectivity index (χ3v) is 1.85. The minimum absolute atomic E-state index is 0. The summed E-state index contributed by atoms with van der Waals surface area (Å²) in [6.07, 6.45) is 0. The van der Waals surface area contributed by atoms with E-state index in [1.807, 2.05) is 0 Å². The van der Waals surface area contributed by atoms with E-state index in [-0.39, 0.29) is 17.3 Å². The molecule has 0 aromatic heterocycles. The molecule has 0 aliphatic carbocycles. The molecule has 0 spiro atoms. The van der Waals surface area contributed by atoms with Crippen molar-refractivity contribution in [3.05, 3.63) is 0 Å². The molecule has 10 heavy (non-hydrogen) atoms. The van der Waals surface area contributed by atoms with Crippen LogP contribution >= 0.6 is 0 Å². The maximum atomic E-state index is 10.2. The van der Waals surface area contributed by atoms with Crippen molar-refractivity contribution < 1.29 is 13.0 Å². The van der Waals surface area contributed by atoms with Gasteiger partial charge in [0.1, 0.15) is 0 Å². The van der Waals surface area contributed by atoms with Crippen LogP contribution in [-0.2, 0) is 10.1 Å². The standard InChI is InChI=1S/C5H12O3S.H3N/c1-5(2,3)4-9(6,7)8;/h4H2,1-3H3,(H,6,7,8);1H3. The Hall–Kier alpha value is -0.130. The Labute approximate surface area is 62.0 Å². The molecule has 0 aromatic carbocycles. The first-order chi connectivity index (χ1) is 3.71. The first-order valence-electron chi connectivity index (χ1n) is 2.66. The highest BCUT2D eigenvalue weighted by molar-refractivity contribution is 7.85. The van der Waals surface area contributed by atoms with E-state index in [1.54, 1.807) is 20.8 Å². The highest BCUT2D eigenvalue weighted by Gasteiger charge is 2.18. The molecule has 0 aliphatic heterocycles. The average molecular weight is 169 g/mol. The molecule has 0 rings (SSSR count). The molecule has 0 aromatic rings. The molecule has 0 aliphatic rings. The van der Waals surface area contributed by atoms with Crippen LogP contribution in [-0.4, -0.2) is 18.7 Å². The SMILES string of the molecule is CC(C)(C)CS(=O)(=O)O.N. The lowest BCUT2D eigenvalue weighted by atomic mass is 10.0. The highest BCUT2D eigenvalue weighted by Crippen LogP contribution is 2.14. The molecule has 0 bridgehead atoms. The topological polar surface area (TPSA) is 89.4 Å². The molecule has 0 atom stereocenters. The summed E-state index contributed by atoms with van der Waals surface area (Å²) in [7, 11) is -3.78. The van der Waals surface area contributed by atoms with E-state index in [0.29, 0.717) is 0 Å². The van der Waals surface area contributed by atoms with Crippen molar-refractivity contribution in [2.24, 2.45) is 5.41 Å². The largest absolute Gasteiger partial charge is 0.344 e. The fraction of sp³-hybridized carbons (Fsp3) is 1.00. The fourth-order valence-electron chi connectivity index (χ4n) is 0.547. The van der Waals surface area contributed by atoms with Gasteiger partial charge in [0.2, 0.25) is 0 Å². The van der Waals surface area contributed by atoms with Gasteiger partial charge < -0.3 is 6.15 Å². The maximum Gasteiger partial charge on any atom is 0.265 e. The van der Waals surface area contributed by atoms with Gasteiger partial charge >= 0.3 is 0 Å².